The van der Waals surface area contributed by atoms with Gasteiger partial charge >= 0.3 is 0 Å². The molecular weight excluding hydrogens is 211 g/mol. The van der Waals surface area contributed by atoms with Gasteiger partial charge in [0.05, 0.1) is 5.52 Å². The Balaban J connectivity index is 2.64. The molecule has 0 bridgehead atoms. The standard InChI is InChI=1S/C11H11FN2S/c1-13(2)11(15)14-7-6-8-9(12)4-3-5-10(8)14/h3-7H,1-2H3. The van der Waals surface area contributed by atoms with Crippen LogP contribution in [-0.4, -0.2) is 28.7 Å². The molecule has 2 nitrogen and oxygen atoms in total. The lowest BCUT2D eigenvalue weighted by Gasteiger charge is -2.15. The minimum absolute atomic E-state index is 0.215. The molecule has 0 amide bonds. The van der Waals surface area contributed by atoms with Crippen LogP contribution in [0, 0.1) is 5.82 Å². The average Bonchev–Trinajstić information content (AvgIpc) is 2.61. The molecule has 2 aromatic rings. The van der Waals surface area contributed by atoms with Crippen LogP contribution >= 0.6 is 12.2 Å². The van der Waals surface area contributed by atoms with Gasteiger partial charge in [-0.3, -0.25) is 4.57 Å². The van der Waals surface area contributed by atoms with Gasteiger partial charge in [0.25, 0.3) is 0 Å². The Morgan fingerprint density at radius 3 is 2.73 bits per heavy atom. The van der Waals surface area contributed by atoms with Crippen molar-refractivity contribution in [2.24, 2.45) is 0 Å². The molecule has 0 saturated carbocycles. The van der Waals surface area contributed by atoms with Crippen LogP contribution in [0.15, 0.2) is 30.5 Å². The summed E-state index contributed by atoms with van der Waals surface area (Å²) in [5.41, 5.74) is 0.800. The lowest BCUT2D eigenvalue weighted by Crippen LogP contribution is -2.26. The Morgan fingerprint density at radius 1 is 1.33 bits per heavy atom. The molecule has 0 aliphatic carbocycles. The van der Waals surface area contributed by atoms with Crippen molar-refractivity contribution in [3.63, 3.8) is 0 Å². The van der Waals surface area contributed by atoms with Crippen molar-refractivity contribution in [1.82, 2.24) is 9.47 Å². The zero-order chi connectivity index (χ0) is 11.0. The van der Waals surface area contributed by atoms with Crippen LogP contribution in [0.1, 0.15) is 0 Å². The summed E-state index contributed by atoms with van der Waals surface area (Å²) in [7, 11) is 3.74. The zero-order valence-electron chi connectivity index (χ0n) is 8.57. The van der Waals surface area contributed by atoms with Gasteiger partial charge in [-0.05, 0) is 30.4 Å². The highest BCUT2D eigenvalue weighted by atomic mass is 32.1. The Hall–Kier alpha value is -1.42. The summed E-state index contributed by atoms with van der Waals surface area (Å²) >= 11 is 5.24. The fourth-order valence-electron chi connectivity index (χ4n) is 1.51. The van der Waals surface area contributed by atoms with Crippen LogP contribution in [0.25, 0.3) is 10.9 Å². The Bertz CT molecular complexity index is 516. The van der Waals surface area contributed by atoms with Gasteiger partial charge in [0.2, 0.25) is 0 Å². The molecule has 1 aromatic carbocycles. The maximum absolute atomic E-state index is 13.4. The molecule has 2 rings (SSSR count). The van der Waals surface area contributed by atoms with Crippen LogP contribution in [-0.2, 0) is 0 Å². The normalized spacial score (nSPS) is 10.6. The van der Waals surface area contributed by atoms with Gasteiger partial charge in [-0.15, -0.1) is 0 Å². The number of nitrogens with zero attached hydrogens (tertiary/aromatic N) is 2. The SMILES string of the molecule is CN(C)C(=S)n1ccc2c(F)cccc21. The van der Waals surface area contributed by atoms with E-state index in [1.165, 1.54) is 6.07 Å². The molecule has 0 N–H and O–H groups in total. The van der Waals surface area contributed by atoms with E-state index in [9.17, 15) is 4.39 Å². The Morgan fingerprint density at radius 2 is 2.07 bits per heavy atom. The molecule has 0 aliphatic rings. The van der Waals surface area contributed by atoms with Crippen molar-refractivity contribution in [2.45, 2.75) is 0 Å². The Kier molecular flexibility index (Phi) is 2.44. The van der Waals surface area contributed by atoms with E-state index < -0.39 is 0 Å². The number of thiocarbonyl (C=S) groups is 1. The minimum atomic E-state index is -0.215. The van der Waals surface area contributed by atoms with Crippen molar-refractivity contribution < 1.29 is 4.39 Å². The quantitative estimate of drug-likeness (QED) is 0.633. The number of halogens is 1. The molecule has 1 heterocycles. The highest BCUT2D eigenvalue weighted by Crippen LogP contribution is 2.19. The van der Waals surface area contributed by atoms with E-state index in [-0.39, 0.29) is 5.82 Å². The first-order chi connectivity index (χ1) is 7.11. The van der Waals surface area contributed by atoms with Gasteiger partial charge in [-0.2, -0.15) is 0 Å². The molecular formula is C11H11FN2S. The third kappa shape index (κ3) is 1.61. The van der Waals surface area contributed by atoms with Gasteiger partial charge < -0.3 is 4.90 Å². The molecule has 0 aliphatic heterocycles. The molecule has 15 heavy (non-hydrogen) atoms. The van der Waals surface area contributed by atoms with E-state index in [4.69, 9.17) is 12.2 Å². The second kappa shape index (κ2) is 3.62. The van der Waals surface area contributed by atoms with Crippen molar-refractivity contribution in [2.75, 3.05) is 14.1 Å². The largest absolute Gasteiger partial charge is 0.355 e. The van der Waals surface area contributed by atoms with Crippen molar-refractivity contribution >= 4 is 28.2 Å². The van der Waals surface area contributed by atoms with Crippen LogP contribution in [0.3, 0.4) is 0 Å². The second-order valence-corrected chi connectivity index (χ2v) is 3.90. The first-order valence-electron chi connectivity index (χ1n) is 4.58. The molecule has 0 unspecified atom stereocenters. The first-order valence-corrected chi connectivity index (χ1v) is 4.99. The molecule has 78 valence electrons. The van der Waals surface area contributed by atoms with Gasteiger partial charge in [0.15, 0.2) is 5.11 Å². The van der Waals surface area contributed by atoms with E-state index in [2.05, 4.69) is 0 Å². The molecule has 0 atom stereocenters. The van der Waals surface area contributed by atoms with Gasteiger partial charge in [-0.25, -0.2) is 4.39 Å². The summed E-state index contributed by atoms with van der Waals surface area (Å²) in [4.78, 5) is 1.82. The van der Waals surface area contributed by atoms with Crippen molar-refractivity contribution in [3.8, 4) is 0 Å². The third-order valence-electron chi connectivity index (χ3n) is 2.27. The van der Waals surface area contributed by atoms with E-state index in [1.807, 2.05) is 25.1 Å². The number of fused-ring (bicyclic) bond motifs is 1. The van der Waals surface area contributed by atoms with Gasteiger partial charge in [0.1, 0.15) is 5.82 Å². The number of benzene rings is 1. The lowest BCUT2D eigenvalue weighted by molar-refractivity contribution is 0.613. The topological polar surface area (TPSA) is 8.17 Å². The minimum Gasteiger partial charge on any atom is -0.355 e. The number of hydrogen-bond acceptors (Lipinski definition) is 1. The van der Waals surface area contributed by atoms with E-state index in [0.29, 0.717) is 10.5 Å². The molecule has 0 saturated heterocycles. The smallest absolute Gasteiger partial charge is 0.179 e. The Labute approximate surface area is 92.9 Å². The summed E-state index contributed by atoms with van der Waals surface area (Å²) in [5, 5.41) is 1.25. The zero-order valence-corrected chi connectivity index (χ0v) is 9.38. The average molecular weight is 222 g/mol. The summed E-state index contributed by atoms with van der Waals surface area (Å²) in [6.07, 6.45) is 1.79. The van der Waals surface area contributed by atoms with E-state index in [1.54, 1.807) is 22.9 Å². The lowest BCUT2D eigenvalue weighted by atomic mass is 10.2. The highest BCUT2D eigenvalue weighted by Gasteiger charge is 2.08. The predicted octanol–water partition coefficient (Wildman–Crippen LogP) is 2.48. The monoisotopic (exact) mass is 222 g/mol. The molecule has 1 aromatic heterocycles. The van der Waals surface area contributed by atoms with Crippen LogP contribution < -0.4 is 0 Å². The fourth-order valence-corrected chi connectivity index (χ4v) is 1.67. The number of hydrogen-bond donors (Lipinski definition) is 0. The third-order valence-corrected chi connectivity index (χ3v) is 2.83. The van der Waals surface area contributed by atoms with E-state index >= 15 is 0 Å². The molecule has 0 spiro atoms. The van der Waals surface area contributed by atoms with Gasteiger partial charge in [-0.1, -0.05) is 6.07 Å². The maximum atomic E-state index is 13.4. The van der Waals surface area contributed by atoms with Gasteiger partial charge in [0, 0.05) is 25.7 Å². The fraction of sp³-hybridized carbons (Fsp3) is 0.182. The number of aromatic nitrogens is 1. The van der Waals surface area contributed by atoms with Crippen molar-refractivity contribution in [3.05, 3.63) is 36.3 Å². The maximum Gasteiger partial charge on any atom is 0.179 e. The van der Waals surface area contributed by atoms with Crippen molar-refractivity contribution in [1.29, 1.82) is 0 Å². The molecule has 0 radical (unpaired) electrons. The second-order valence-electron chi connectivity index (χ2n) is 3.54. The van der Waals surface area contributed by atoms with Crippen LogP contribution in [0.2, 0.25) is 0 Å². The number of rotatable bonds is 0. The highest BCUT2D eigenvalue weighted by molar-refractivity contribution is 7.80. The molecule has 4 heteroatoms. The van der Waals surface area contributed by atoms with Crippen LogP contribution in [0.4, 0.5) is 4.39 Å². The summed E-state index contributed by atoms with van der Waals surface area (Å²) < 4.78 is 15.2. The summed E-state index contributed by atoms with van der Waals surface area (Å²) in [6, 6.07) is 6.73. The predicted molar refractivity (Wildman–Crippen MR) is 63.6 cm³/mol. The summed E-state index contributed by atoms with van der Waals surface area (Å²) in [5.74, 6) is -0.215. The molecule has 0 fully saturated rings. The summed E-state index contributed by atoms with van der Waals surface area (Å²) in [6.45, 7) is 0. The first kappa shape index (κ1) is 10.1. The van der Waals surface area contributed by atoms with Crippen LogP contribution in [0.5, 0.6) is 0 Å². The van der Waals surface area contributed by atoms with E-state index in [0.717, 1.165) is 5.52 Å².